The van der Waals surface area contributed by atoms with Crippen LogP contribution in [0.25, 0.3) is 0 Å². The Hall–Kier alpha value is -2.43. The monoisotopic (exact) mass is 337 g/mol. The van der Waals surface area contributed by atoms with Crippen LogP contribution in [0.4, 0.5) is 0 Å². The average molecular weight is 337 g/mol. The molecule has 4 rings (SSSR count). The van der Waals surface area contributed by atoms with Gasteiger partial charge in [-0.15, -0.1) is 0 Å². The summed E-state index contributed by atoms with van der Waals surface area (Å²) in [5.74, 6) is 0.615. The van der Waals surface area contributed by atoms with E-state index in [4.69, 9.17) is 0 Å². The van der Waals surface area contributed by atoms with Gasteiger partial charge in [0.05, 0.1) is 11.7 Å². The SMILES string of the molecule is Cc1cccc(C(=O)N2CCC(n3nc(C4CC4)ccc3=O)CC2)c1. The number of carbonyl (C=O) groups excluding carboxylic acids is 1. The summed E-state index contributed by atoms with van der Waals surface area (Å²) in [7, 11) is 0. The van der Waals surface area contributed by atoms with Crippen molar-refractivity contribution >= 4 is 5.91 Å². The largest absolute Gasteiger partial charge is 0.338 e. The fourth-order valence-corrected chi connectivity index (χ4v) is 3.57. The fourth-order valence-electron chi connectivity index (χ4n) is 3.57. The summed E-state index contributed by atoms with van der Waals surface area (Å²) in [5.41, 5.74) is 2.84. The number of carbonyl (C=O) groups is 1. The first-order chi connectivity index (χ1) is 12.1. The van der Waals surface area contributed by atoms with Crippen molar-refractivity contribution in [2.24, 2.45) is 0 Å². The number of benzene rings is 1. The zero-order valence-electron chi connectivity index (χ0n) is 14.5. The Labute approximate surface area is 147 Å². The number of hydrogen-bond donors (Lipinski definition) is 0. The van der Waals surface area contributed by atoms with Gasteiger partial charge in [0.2, 0.25) is 0 Å². The lowest BCUT2D eigenvalue weighted by atomic mass is 10.0. The number of piperidine rings is 1. The van der Waals surface area contributed by atoms with E-state index < -0.39 is 0 Å². The van der Waals surface area contributed by atoms with Crippen LogP contribution in [0.2, 0.25) is 0 Å². The Morgan fingerprint density at radius 1 is 1.08 bits per heavy atom. The van der Waals surface area contributed by atoms with E-state index in [0.29, 0.717) is 19.0 Å². The Morgan fingerprint density at radius 3 is 2.52 bits per heavy atom. The van der Waals surface area contributed by atoms with Crippen LogP contribution in [0.3, 0.4) is 0 Å². The Bertz CT molecular complexity index is 846. The van der Waals surface area contributed by atoms with Crippen molar-refractivity contribution in [3.8, 4) is 0 Å². The van der Waals surface area contributed by atoms with Crippen LogP contribution in [0.1, 0.15) is 59.3 Å². The Kier molecular flexibility index (Phi) is 4.15. The molecule has 1 saturated carbocycles. The molecule has 25 heavy (non-hydrogen) atoms. The maximum absolute atomic E-state index is 12.7. The molecule has 1 saturated heterocycles. The molecule has 2 aliphatic rings. The van der Waals surface area contributed by atoms with E-state index in [1.165, 1.54) is 12.8 Å². The number of hydrogen-bond acceptors (Lipinski definition) is 3. The number of amides is 1. The van der Waals surface area contributed by atoms with E-state index >= 15 is 0 Å². The van der Waals surface area contributed by atoms with E-state index in [-0.39, 0.29) is 17.5 Å². The zero-order chi connectivity index (χ0) is 17.4. The molecule has 0 bridgehead atoms. The predicted molar refractivity (Wildman–Crippen MR) is 95.8 cm³/mol. The number of likely N-dealkylation sites (tertiary alicyclic amines) is 1. The maximum Gasteiger partial charge on any atom is 0.267 e. The van der Waals surface area contributed by atoms with E-state index in [9.17, 15) is 9.59 Å². The molecular weight excluding hydrogens is 314 g/mol. The molecule has 5 heteroatoms. The van der Waals surface area contributed by atoms with Crippen molar-refractivity contribution in [3.05, 3.63) is 63.6 Å². The fraction of sp³-hybridized carbons (Fsp3) is 0.450. The third kappa shape index (κ3) is 3.36. The third-order valence-corrected chi connectivity index (χ3v) is 5.20. The lowest BCUT2D eigenvalue weighted by molar-refractivity contribution is 0.0687. The second-order valence-corrected chi connectivity index (χ2v) is 7.21. The van der Waals surface area contributed by atoms with Crippen LogP contribution >= 0.6 is 0 Å². The Morgan fingerprint density at radius 2 is 1.84 bits per heavy atom. The van der Waals surface area contributed by atoms with Crippen LogP contribution in [0.15, 0.2) is 41.2 Å². The molecule has 1 aliphatic heterocycles. The molecule has 5 nitrogen and oxygen atoms in total. The van der Waals surface area contributed by atoms with Gasteiger partial charge in [0.15, 0.2) is 0 Å². The van der Waals surface area contributed by atoms with Gasteiger partial charge in [-0.05, 0) is 50.8 Å². The molecule has 1 aliphatic carbocycles. The standard InChI is InChI=1S/C20H23N3O2/c1-14-3-2-4-16(13-14)20(25)22-11-9-17(10-12-22)23-19(24)8-7-18(21-23)15-5-6-15/h2-4,7-8,13,15,17H,5-6,9-12H2,1H3. The van der Waals surface area contributed by atoms with E-state index in [2.05, 4.69) is 5.10 Å². The molecular formula is C20H23N3O2. The molecule has 0 radical (unpaired) electrons. The minimum atomic E-state index is -0.0344. The number of nitrogens with zero attached hydrogens (tertiary/aromatic N) is 3. The highest BCUT2D eigenvalue weighted by molar-refractivity contribution is 5.94. The van der Waals surface area contributed by atoms with Crippen molar-refractivity contribution in [2.45, 2.75) is 44.6 Å². The van der Waals surface area contributed by atoms with Crippen molar-refractivity contribution in [1.29, 1.82) is 0 Å². The van der Waals surface area contributed by atoms with Crippen molar-refractivity contribution in [1.82, 2.24) is 14.7 Å². The summed E-state index contributed by atoms with van der Waals surface area (Å²) < 4.78 is 1.65. The van der Waals surface area contributed by atoms with Crippen molar-refractivity contribution in [2.75, 3.05) is 13.1 Å². The number of aromatic nitrogens is 2. The van der Waals surface area contributed by atoms with Crippen molar-refractivity contribution in [3.63, 3.8) is 0 Å². The van der Waals surface area contributed by atoms with Crippen LogP contribution in [0.5, 0.6) is 0 Å². The summed E-state index contributed by atoms with van der Waals surface area (Å²) in [6.45, 7) is 3.33. The van der Waals surface area contributed by atoms with Crippen molar-refractivity contribution < 1.29 is 4.79 Å². The Balaban J connectivity index is 1.45. The molecule has 0 spiro atoms. The predicted octanol–water partition coefficient (Wildman–Crippen LogP) is 2.91. The summed E-state index contributed by atoms with van der Waals surface area (Å²) in [6, 6.07) is 11.3. The van der Waals surface area contributed by atoms with E-state index in [1.54, 1.807) is 10.7 Å². The van der Waals surface area contributed by atoms with Gasteiger partial charge in [-0.25, -0.2) is 4.68 Å². The van der Waals surface area contributed by atoms with Gasteiger partial charge in [0.1, 0.15) is 0 Å². The van der Waals surface area contributed by atoms with Crippen LogP contribution < -0.4 is 5.56 Å². The normalized spacial score (nSPS) is 18.4. The minimum Gasteiger partial charge on any atom is -0.338 e. The first kappa shape index (κ1) is 16.1. The molecule has 2 fully saturated rings. The molecule has 0 atom stereocenters. The van der Waals surface area contributed by atoms with Gasteiger partial charge in [-0.3, -0.25) is 9.59 Å². The van der Waals surface area contributed by atoms with Gasteiger partial charge in [0, 0.05) is 30.6 Å². The highest BCUT2D eigenvalue weighted by atomic mass is 16.2. The average Bonchev–Trinajstić information content (AvgIpc) is 3.47. The molecule has 0 unspecified atom stereocenters. The first-order valence-corrected chi connectivity index (χ1v) is 9.07. The maximum atomic E-state index is 12.7. The van der Waals surface area contributed by atoms with Gasteiger partial charge in [-0.2, -0.15) is 5.10 Å². The van der Waals surface area contributed by atoms with Crippen LogP contribution in [-0.4, -0.2) is 33.7 Å². The second-order valence-electron chi connectivity index (χ2n) is 7.21. The first-order valence-electron chi connectivity index (χ1n) is 9.07. The topological polar surface area (TPSA) is 55.2 Å². The summed E-state index contributed by atoms with van der Waals surface area (Å²) in [4.78, 5) is 26.8. The smallest absolute Gasteiger partial charge is 0.267 e. The molecule has 2 heterocycles. The lowest BCUT2D eigenvalue weighted by Gasteiger charge is -2.32. The molecule has 1 aromatic heterocycles. The second kappa shape index (κ2) is 6.47. The molecule has 2 aromatic rings. The highest BCUT2D eigenvalue weighted by Crippen LogP contribution is 2.38. The number of aryl methyl sites for hydroxylation is 1. The van der Waals surface area contributed by atoms with Crippen LogP contribution in [0, 0.1) is 6.92 Å². The quantitative estimate of drug-likeness (QED) is 0.865. The zero-order valence-corrected chi connectivity index (χ0v) is 14.5. The third-order valence-electron chi connectivity index (χ3n) is 5.20. The van der Waals surface area contributed by atoms with E-state index in [0.717, 1.165) is 29.7 Å². The highest BCUT2D eigenvalue weighted by Gasteiger charge is 2.29. The summed E-state index contributed by atoms with van der Waals surface area (Å²) >= 11 is 0. The van der Waals surface area contributed by atoms with Gasteiger partial charge in [-0.1, -0.05) is 17.7 Å². The van der Waals surface area contributed by atoms with Gasteiger partial charge in [0.25, 0.3) is 11.5 Å². The summed E-state index contributed by atoms with van der Waals surface area (Å²) in [5, 5.41) is 4.60. The van der Waals surface area contributed by atoms with Gasteiger partial charge >= 0.3 is 0 Å². The lowest BCUT2D eigenvalue weighted by Crippen LogP contribution is -2.41. The molecule has 1 aromatic carbocycles. The molecule has 130 valence electrons. The number of rotatable bonds is 3. The van der Waals surface area contributed by atoms with Crippen LogP contribution in [-0.2, 0) is 0 Å². The van der Waals surface area contributed by atoms with Gasteiger partial charge < -0.3 is 4.90 Å². The summed E-state index contributed by atoms with van der Waals surface area (Å²) in [6.07, 6.45) is 3.90. The van der Waals surface area contributed by atoms with E-state index in [1.807, 2.05) is 42.2 Å². The molecule has 1 amide bonds. The minimum absolute atomic E-state index is 0.0344. The molecule has 0 N–H and O–H groups in total.